The summed E-state index contributed by atoms with van der Waals surface area (Å²) in [5.41, 5.74) is -0.132. The molecule has 1 rings (SSSR count). The van der Waals surface area contributed by atoms with Gasteiger partial charge < -0.3 is 15.2 Å². The van der Waals surface area contributed by atoms with Crippen LogP contribution in [-0.4, -0.2) is 29.6 Å². The minimum Gasteiger partial charge on any atom is -0.480 e. The highest BCUT2D eigenvalue weighted by molar-refractivity contribution is 5.98. The van der Waals surface area contributed by atoms with Gasteiger partial charge >= 0.3 is 12.6 Å². The number of nitrogens with one attached hydrogen (secondary N) is 1. The summed E-state index contributed by atoms with van der Waals surface area (Å²) in [6.07, 6.45) is 0.235. The molecule has 116 valence electrons. The lowest BCUT2D eigenvalue weighted by Gasteiger charge is -2.17. The maximum atomic E-state index is 12.3. The maximum absolute atomic E-state index is 12.3. The molecule has 0 heterocycles. The van der Waals surface area contributed by atoms with E-state index in [2.05, 4.69) is 10.1 Å². The third kappa shape index (κ3) is 5.37. The zero-order valence-corrected chi connectivity index (χ0v) is 11.7. The minimum atomic E-state index is -3.06. The van der Waals surface area contributed by atoms with Gasteiger partial charge in [0.2, 0.25) is 0 Å². The SMILES string of the molecule is CC(C)C[C@@H](NC(=O)c1ccccc1OC(F)F)C(=O)O. The lowest BCUT2D eigenvalue weighted by Crippen LogP contribution is -2.41. The summed E-state index contributed by atoms with van der Waals surface area (Å²) in [4.78, 5) is 23.1. The van der Waals surface area contributed by atoms with Gasteiger partial charge in [0.1, 0.15) is 11.8 Å². The Hall–Kier alpha value is -2.18. The average molecular weight is 301 g/mol. The largest absolute Gasteiger partial charge is 0.480 e. The van der Waals surface area contributed by atoms with Crippen LogP contribution < -0.4 is 10.1 Å². The molecule has 0 aliphatic heterocycles. The van der Waals surface area contributed by atoms with E-state index >= 15 is 0 Å². The molecule has 21 heavy (non-hydrogen) atoms. The Labute approximate surface area is 120 Å². The Morgan fingerprint density at radius 2 is 1.90 bits per heavy atom. The molecule has 2 N–H and O–H groups in total. The predicted molar refractivity (Wildman–Crippen MR) is 71.4 cm³/mol. The fraction of sp³-hybridized carbons (Fsp3) is 0.429. The first-order valence-corrected chi connectivity index (χ1v) is 6.38. The lowest BCUT2D eigenvalue weighted by molar-refractivity contribution is -0.139. The van der Waals surface area contributed by atoms with Crippen molar-refractivity contribution in [2.45, 2.75) is 32.9 Å². The number of halogens is 2. The smallest absolute Gasteiger partial charge is 0.387 e. The first-order valence-electron chi connectivity index (χ1n) is 6.38. The number of carboxylic acid groups (broad SMARTS) is 1. The molecule has 0 saturated carbocycles. The zero-order chi connectivity index (χ0) is 16.0. The summed E-state index contributed by atoms with van der Waals surface area (Å²) < 4.78 is 28.8. The summed E-state index contributed by atoms with van der Waals surface area (Å²) >= 11 is 0. The van der Waals surface area contributed by atoms with Gasteiger partial charge in [-0.05, 0) is 24.5 Å². The van der Waals surface area contributed by atoms with Crippen LogP contribution in [0.2, 0.25) is 0 Å². The third-order valence-electron chi connectivity index (χ3n) is 2.66. The molecule has 0 saturated heterocycles. The van der Waals surface area contributed by atoms with Crippen molar-refractivity contribution in [1.82, 2.24) is 5.32 Å². The van der Waals surface area contributed by atoms with E-state index in [1.807, 2.05) is 13.8 Å². The van der Waals surface area contributed by atoms with Crippen molar-refractivity contribution >= 4 is 11.9 Å². The maximum Gasteiger partial charge on any atom is 0.387 e. The second kappa shape index (κ2) is 7.56. The normalized spacial score (nSPS) is 12.3. The first kappa shape index (κ1) is 16.9. The van der Waals surface area contributed by atoms with Crippen LogP contribution in [-0.2, 0) is 4.79 Å². The molecular weight excluding hydrogens is 284 g/mol. The topological polar surface area (TPSA) is 75.6 Å². The number of benzene rings is 1. The molecule has 0 bridgehead atoms. The highest BCUT2D eigenvalue weighted by Crippen LogP contribution is 2.20. The number of carbonyl (C=O) groups is 2. The van der Waals surface area contributed by atoms with Crippen LogP contribution in [0.5, 0.6) is 5.75 Å². The minimum absolute atomic E-state index is 0.0546. The van der Waals surface area contributed by atoms with E-state index in [4.69, 9.17) is 5.11 Å². The van der Waals surface area contributed by atoms with Crippen LogP contribution in [0, 0.1) is 5.92 Å². The van der Waals surface area contributed by atoms with E-state index in [1.54, 1.807) is 0 Å². The summed E-state index contributed by atoms with van der Waals surface area (Å²) in [5, 5.41) is 11.4. The number of amides is 1. The predicted octanol–water partition coefficient (Wildman–Crippen LogP) is 2.52. The second-order valence-electron chi connectivity index (χ2n) is 4.87. The molecular formula is C14H17F2NO4. The molecule has 0 aliphatic carbocycles. The molecule has 0 aromatic heterocycles. The van der Waals surface area contributed by atoms with Gasteiger partial charge in [-0.3, -0.25) is 4.79 Å². The number of alkyl halides is 2. The molecule has 1 aromatic carbocycles. The Morgan fingerprint density at radius 1 is 1.29 bits per heavy atom. The van der Waals surface area contributed by atoms with Crippen LogP contribution in [0.4, 0.5) is 8.78 Å². The van der Waals surface area contributed by atoms with Gasteiger partial charge in [0.05, 0.1) is 5.56 Å². The molecule has 5 nitrogen and oxygen atoms in total. The number of ether oxygens (including phenoxy) is 1. The summed E-state index contributed by atoms with van der Waals surface area (Å²) in [5.74, 6) is -2.18. The van der Waals surface area contributed by atoms with Gasteiger partial charge in [-0.25, -0.2) is 4.79 Å². The molecule has 0 unspecified atom stereocenters. The summed E-state index contributed by atoms with van der Waals surface area (Å²) in [6.45, 7) is 0.566. The van der Waals surface area contributed by atoms with E-state index in [1.165, 1.54) is 24.3 Å². The van der Waals surface area contributed by atoms with Gasteiger partial charge in [-0.15, -0.1) is 0 Å². The fourth-order valence-electron chi connectivity index (χ4n) is 1.78. The number of hydrogen-bond donors (Lipinski definition) is 2. The highest BCUT2D eigenvalue weighted by atomic mass is 19.3. The molecule has 0 radical (unpaired) electrons. The third-order valence-corrected chi connectivity index (χ3v) is 2.66. The van der Waals surface area contributed by atoms with E-state index in [9.17, 15) is 18.4 Å². The van der Waals surface area contributed by atoms with E-state index < -0.39 is 24.5 Å². The number of carboxylic acids is 1. The van der Waals surface area contributed by atoms with Crippen molar-refractivity contribution in [2.24, 2.45) is 5.92 Å². The average Bonchev–Trinajstić information content (AvgIpc) is 2.37. The fourth-order valence-corrected chi connectivity index (χ4v) is 1.78. The van der Waals surface area contributed by atoms with E-state index in [0.717, 1.165) is 0 Å². The number of rotatable bonds is 7. The summed E-state index contributed by atoms with van der Waals surface area (Å²) in [6, 6.07) is 4.35. The van der Waals surface area contributed by atoms with Crippen molar-refractivity contribution in [3.8, 4) is 5.75 Å². The van der Waals surface area contributed by atoms with E-state index in [-0.39, 0.29) is 23.7 Å². The van der Waals surface area contributed by atoms with Crippen molar-refractivity contribution in [1.29, 1.82) is 0 Å². The monoisotopic (exact) mass is 301 g/mol. The van der Waals surface area contributed by atoms with Gasteiger partial charge in [0.25, 0.3) is 5.91 Å². The van der Waals surface area contributed by atoms with Crippen molar-refractivity contribution in [2.75, 3.05) is 0 Å². The van der Waals surface area contributed by atoms with E-state index in [0.29, 0.717) is 0 Å². The molecule has 1 amide bonds. The Bertz CT molecular complexity index is 506. The molecule has 0 spiro atoms. The number of hydrogen-bond acceptors (Lipinski definition) is 3. The molecule has 0 aliphatic rings. The van der Waals surface area contributed by atoms with Gasteiger partial charge in [0, 0.05) is 0 Å². The highest BCUT2D eigenvalue weighted by Gasteiger charge is 2.23. The molecule has 7 heteroatoms. The van der Waals surface area contributed by atoms with Gasteiger partial charge in [-0.1, -0.05) is 26.0 Å². The van der Waals surface area contributed by atoms with Crippen molar-refractivity contribution in [3.63, 3.8) is 0 Å². The Morgan fingerprint density at radius 3 is 2.43 bits per heavy atom. The number of carbonyl (C=O) groups excluding carboxylic acids is 1. The Kier molecular flexibility index (Phi) is 6.08. The van der Waals surface area contributed by atoms with Crippen LogP contribution in [0.1, 0.15) is 30.6 Å². The van der Waals surface area contributed by atoms with Crippen LogP contribution >= 0.6 is 0 Å². The lowest BCUT2D eigenvalue weighted by atomic mass is 10.0. The van der Waals surface area contributed by atoms with Crippen molar-refractivity contribution < 1.29 is 28.2 Å². The van der Waals surface area contributed by atoms with Gasteiger partial charge in [-0.2, -0.15) is 8.78 Å². The van der Waals surface area contributed by atoms with Crippen LogP contribution in [0.3, 0.4) is 0 Å². The number of para-hydroxylation sites is 1. The molecule has 0 fully saturated rings. The van der Waals surface area contributed by atoms with Crippen molar-refractivity contribution in [3.05, 3.63) is 29.8 Å². The number of aliphatic carboxylic acids is 1. The van der Waals surface area contributed by atoms with Gasteiger partial charge in [0.15, 0.2) is 0 Å². The standard InChI is InChI=1S/C14H17F2NO4/c1-8(2)7-10(13(19)20)17-12(18)9-5-3-4-6-11(9)21-14(15)16/h3-6,8,10,14H,7H2,1-2H3,(H,17,18)(H,19,20)/t10-/m1/s1. The summed E-state index contributed by atoms with van der Waals surface area (Å²) in [7, 11) is 0. The molecule has 1 atom stereocenters. The second-order valence-corrected chi connectivity index (χ2v) is 4.87. The van der Waals surface area contributed by atoms with Crippen LogP contribution in [0.15, 0.2) is 24.3 Å². The molecule has 1 aromatic rings. The van der Waals surface area contributed by atoms with Crippen LogP contribution in [0.25, 0.3) is 0 Å². The quantitative estimate of drug-likeness (QED) is 0.811. The zero-order valence-electron chi connectivity index (χ0n) is 11.7. The Balaban J connectivity index is 2.90. The first-order chi connectivity index (χ1) is 9.81.